The van der Waals surface area contributed by atoms with E-state index in [1.54, 1.807) is 19.1 Å². The molecule has 0 aliphatic carbocycles. The summed E-state index contributed by atoms with van der Waals surface area (Å²) in [7, 11) is 0. The van der Waals surface area contributed by atoms with Crippen molar-refractivity contribution in [3.8, 4) is 0 Å². The van der Waals surface area contributed by atoms with E-state index in [0.29, 0.717) is 5.06 Å². The minimum absolute atomic E-state index is 0.260. The van der Waals surface area contributed by atoms with Gasteiger partial charge in [0.1, 0.15) is 5.25 Å². The van der Waals surface area contributed by atoms with Gasteiger partial charge in [-0.25, -0.2) is 4.79 Å². The molecule has 5 nitrogen and oxygen atoms in total. The van der Waals surface area contributed by atoms with Crippen LogP contribution in [0.5, 0.6) is 0 Å². The zero-order valence-electron chi connectivity index (χ0n) is 10.6. The van der Waals surface area contributed by atoms with E-state index in [2.05, 4.69) is 0 Å². The van der Waals surface area contributed by atoms with Crippen LogP contribution in [0.4, 0.5) is 0 Å². The lowest BCUT2D eigenvalue weighted by molar-refractivity contribution is -0.167. The van der Waals surface area contributed by atoms with E-state index in [1.165, 1.54) is 23.9 Å². The molecule has 1 aromatic carbocycles. The van der Waals surface area contributed by atoms with Gasteiger partial charge in [0.05, 0.1) is 11.1 Å². The van der Waals surface area contributed by atoms with E-state index in [-0.39, 0.29) is 11.1 Å². The van der Waals surface area contributed by atoms with Gasteiger partial charge in [-0.3, -0.25) is 9.59 Å². The van der Waals surface area contributed by atoms with Crippen LogP contribution in [0.3, 0.4) is 0 Å². The minimum atomic E-state index is -0.596. The molecule has 0 saturated carbocycles. The first kappa shape index (κ1) is 13.6. The maximum absolute atomic E-state index is 11.9. The Morgan fingerprint density at radius 3 is 2.26 bits per heavy atom. The number of carbonyl (C=O) groups excluding carboxylic acids is 3. The maximum atomic E-state index is 11.9. The molecule has 1 aliphatic heterocycles. The fourth-order valence-electron chi connectivity index (χ4n) is 1.73. The second-order valence-corrected chi connectivity index (χ2v) is 5.58. The maximum Gasteiger partial charge on any atom is 0.345 e. The van der Waals surface area contributed by atoms with E-state index in [1.807, 2.05) is 6.92 Å². The highest BCUT2D eigenvalue weighted by Crippen LogP contribution is 2.23. The number of amides is 2. The predicted molar refractivity (Wildman–Crippen MR) is 70.6 cm³/mol. The van der Waals surface area contributed by atoms with Crippen molar-refractivity contribution < 1.29 is 19.2 Å². The van der Waals surface area contributed by atoms with Crippen molar-refractivity contribution in [3.05, 3.63) is 35.4 Å². The van der Waals surface area contributed by atoms with Crippen molar-refractivity contribution in [2.75, 3.05) is 5.75 Å². The molecular weight excluding hydrogens is 266 g/mol. The van der Waals surface area contributed by atoms with Crippen LogP contribution >= 0.6 is 11.8 Å². The van der Waals surface area contributed by atoms with E-state index in [0.717, 1.165) is 5.75 Å². The summed E-state index contributed by atoms with van der Waals surface area (Å²) in [5.41, 5.74) is 0.521. The van der Waals surface area contributed by atoms with E-state index in [9.17, 15) is 14.4 Å². The summed E-state index contributed by atoms with van der Waals surface area (Å²) in [5, 5.41) is 0.119. The van der Waals surface area contributed by atoms with E-state index < -0.39 is 23.0 Å². The number of hydrogen-bond donors (Lipinski definition) is 0. The molecule has 1 heterocycles. The number of carbonyl (C=O) groups is 3. The molecule has 2 rings (SSSR count). The van der Waals surface area contributed by atoms with Crippen LogP contribution in [0, 0.1) is 0 Å². The Balaban J connectivity index is 2.14. The third kappa shape index (κ3) is 2.49. The molecule has 1 atom stereocenters. The molecule has 19 heavy (non-hydrogen) atoms. The van der Waals surface area contributed by atoms with Crippen molar-refractivity contribution >= 4 is 29.5 Å². The zero-order valence-corrected chi connectivity index (χ0v) is 11.4. The zero-order chi connectivity index (χ0) is 14.0. The monoisotopic (exact) mass is 279 g/mol. The number of hydrogen-bond acceptors (Lipinski definition) is 5. The van der Waals surface area contributed by atoms with Gasteiger partial charge in [-0.05, 0) is 24.8 Å². The number of fused-ring (bicyclic) bond motifs is 1. The molecule has 0 N–H and O–H groups in total. The molecule has 1 unspecified atom stereocenters. The highest BCUT2D eigenvalue weighted by atomic mass is 32.2. The van der Waals surface area contributed by atoms with Crippen molar-refractivity contribution in [1.29, 1.82) is 0 Å². The molecule has 2 amide bonds. The fourth-order valence-corrected chi connectivity index (χ4v) is 2.41. The molecule has 6 heteroatoms. The molecule has 0 fully saturated rings. The standard InChI is InChI=1S/C13H13NO4S/c1-3-19-8(2)13(17)18-14-11(15)9-6-4-5-7-10(9)12(14)16/h4-8H,3H2,1-2H3. The summed E-state index contributed by atoms with van der Waals surface area (Å²) in [6.45, 7) is 3.59. The average Bonchev–Trinajstić information content (AvgIpc) is 2.65. The van der Waals surface area contributed by atoms with E-state index >= 15 is 0 Å². The summed E-state index contributed by atoms with van der Waals surface area (Å²) in [6.07, 6.45) is 0. The third-order valence-corrected chi connectivity index (χ3v) is 3.71. The quantitative estimate of drug-likeness (QED) is 0.787. The second-order valence-electron chi connectivity index (χ2n) is 3.96. The number of nitrogens with zero attached hydrogens (tertiary/aromatic N) is 1. The molecular formula is C13H13NO4S. The first-order valence-corrected chi connectivity index (χ1v) is 6.92. The van der Waals surface area contributed by atoms with Crippen LogP contribution < -0.4 is 0 Å². The van der Waals surface area contributed by atoms with Gasteiger partial charge in [-0.1, -0.05) is 24.1 Å². The molecule has 1 aromatic rings. The fraction of sp³-hybridized carbons (Fsp3) is 0.308. The topological polar surface area (TPSA) is 63.7 Å². The Hall–Kier alpha value is -1.82. The largest absolute Gasteiger partial charge is 0.345 e. The first-order valence-electron chi connectivity index (χ1n) is 5.87. The summed E-state index contributed by atoms with van der Waals surface area (Å²) in [4.78, 5) is 40.5. The van der Waals surface area contributed by atoms with Gasteiger partial charge in [-0.2, -0.15) is 0 Å². The van der Waals surface area contributed by atoms with Crippen LogP contribution in [0.2, 0.25) is 0 Å². The van der Waals surface area contributed by atoms with Gasteiger partial charge in [0.25, 0.3) is 11.8 Å². The summed E-state index contributed by atoms with van der Waals surface area (Å²) in [6, 6.07) is 6.39. The SMILES string of the molecule is CCSC(C)C(=O)ON1C(=O)c2ccccc2C1=O. The number of imide groups is 1. The Kier molecular flexibility index (Phi) is 3.90. The second kappa shape index (κ2) is 5.44. The molecule has 0 bridgehead atoms. The van der Waals surface area contributed by atoms with E-state index in [4.69, 9.17) is 4.84 Å². The smallest absolute Gasteiger partial charge is 0.328 e. The summed E-state index contributed by atoms with van der Waals surface area (Å²) >= 11 is 1.39. The molecule has 0 saturated heterocycles. The minimum Gasteiger partial charge on any atom is -0.328 e. The Labute approximate surface area is 114 Å². The summed E-state index contributed by atoms with van der Waals surface area (Å²) < 4.78 is 0. The van der Waals surface area contributed by atoms with Crippen molar-refractivity contribution in [1.82, 2.24) is 5.06 Å². The Morgan fingerprint density at radius 1 is 1.26 bits per heavy atom. The number of hydroxylamine groups is 2. The van der Waals surface area contributed by atoms with Gasteiger partial charge in [0, 0.05) is 0 Å². The number of thioether (sulfide) groups is 1. The van der Waals surface area contributed by atoms with Gasteiger partial charge in [-0.15, -0.1) is 11.8 Å². The third-order valence-electron chi connectivity index (χ3n) is 2.69. The van der Waals surface area contributed by atoms with Crippen LogP contribution in [0.1, 0.15) is 34.6 Å². The average molecular weight is 279 g/mol. The predicted octanol–water partition coefficient (Wildman–Crippen LogP) is 1.88. The van der Waals surface area contributed by atoms with Crippen LogP contribution in [0.25, 0.3) is 0 Å². The highest BCUT2D eigenvalue weighted by molar-refractivity contribution is 8.00. The van der Waals surface area contributed by atoms with Gasteiger partial charge in [0.2, 0.25) is 0 Å². The van der Waals surface area contributed by atoms with Crippen molar-refractivity contribution in [3.63, 3.8) is 0 Å². The molecule has 0 spiro atoms. The molecule has 0 radical (unpaired) electrons. The number of benzene rings is 1. The first-order chi connectivity index (χ1) is 9.06. The van der Waals surface area contributed by atoms with Crippen molar-refractivity contribution in [2.24, 2.45) is 0 Å². The van der Waals surface area contributed by atoms with Crippen LogP contribution in [-0.4, -0.2) is 33.8 Å². The lowest BCUT2D eigenvalue weighted by Gasteiger charge is -2.15. The molecule has 0 aromatic heterocycles. The molecule has 1 aliphatic rings. The number of rotatable bonds is 4. The molecule has 100 valence electrons. The Bertz CT molecular complexity index is 508. The normalized spacial score (nSPS) is 15.4. The van der Waals surface area contributed by atoms with Crippen molar-refractivity contribution in [2.45, 2.75) is 19.1 Å². The highest BCUT2D eigenvalue weighted by Gasteiger charge is 2.39. The van der Waals surface area contributed by atoms with Crippen LogP contribution in [-0.2, 0) is 9.63 Å². The van der Waals surface area contributed by atoms with Gasteiger partial charge in [0.15, 0.2) is 0 Å². The summed E-state index contributed by atoms with van der Waals surface area (Å²) in [5.74, 6) is -1.04. The van der Waals surface area contributed by atoms with Gasteiger partial charge < -0.3 is 4.84 Å². The lowest BCUT2D eigenvalue weighted by Crippen LogP contribution is -2.35. The Morgan fingerprint density at radius 2 is 1.79 bits per heavy atom. The van der Waals surface area contributed by atoms with Gasteiger partial charge >= 0.3 is 5.97 Å². The lowest BCUT2D eigenvalue weighted by atomic mass is 10.1. The van der Waals surface area contributed by atoms with Crippen LogP contribution in [0.15, 0.2) is 24.3 Å².